The standard InChI is InChI=1S/C15H16BrN3O4/c1-9(15(22)23)18(2)13(20)5-6-19-8-17-12-4-3-10(16)7-11(12)14(19)21/h3-4,7-9H,5-6H2,1-2H3,(H,22,23). The van der Waals surface area contributed by atoms with Crippen molar-refractivity contribution in [3.05, 3.63) is 39.4 Å². The summed E-state index contributed by atoms with van der Waals surface area (Å²) in [6.45, 7) is 1.57. The fraction of sp³-hybridized carbons (Fsp3) is 0.333. The number of hydrogen-bond donors (Lipinski definition) is 1. The first kappa shape index (κ1) is 17.1. The van der Waals surface area contributed by atoms with Gasteiger partial charge in [-0.1, -0.05) is 15.9 Å². The van der Waals surface area contributed by atoms with Gasteiger partial charge >= 0.3 is 5.97 Å². The molecule has 0 saturated heterocycles. The van der Waals surface area contributed by atoms with E-state index < -0.39 is 12.0 Å². The number of hydrogen-bond acceptors (Lipinski definition) is 4. The Morgan fingerprint density at radius 1 is 1.43 bits per heavy atom. The molecular weight excluding hydrogens is 366 g/mol. The number of benzene rings is 1. The van der Waals surface area contributed by atoms with Gasteiger partial charge in [-0.25, -0.2) is 9.78 Å². The average Bonchev–Trinajstić information content (AvgIpc) is 2.52. The van der Waals surface area contributed by atoms with E-state index in [0.717, 1.165) is 9.37 Å². The predicted molar refractivity (Wildman–Crippen MR) is 88.2 cm³/mol. The van der Waals surface area contributed by atoms with Crippen LogP contribution < -0.4 is 5.56 Å². The molecule has 0 fully saturated rings. The number of likely N-dealkylation sites (N-methyl/N-ethyl adjacent to an activating group) is 1. The Balaban J connectivity index is 2.17. The molecule has 0 bridgehead atoms. The van der Waals surface area contributed by atoms with Crippen molar-refractivity contribution in [1.29, 1.82) is 0 Å². The van der Waals surface area contributed by atoms with Crippen molar-refractivity contribution < 1.29 is 14.7 Å². The quantitative estimate of drug-likeness (QED) is 0.846. The number of aromatic nitrogens is 2. The van der Waals surface area contributed by atoms with Crippen LogP contribution in [0.3, 0.4) is 0 Å². The molecule has 1 N–H and O–H groups in total. The van der Waals surface area contributed by atoms with Gasteiger partial charge < -0.3 is 10.0 Å². The molecule has 0 radical (unpaired) electrons. The second-order valence-electron chi connectivity index (χ2n) is 5.17. The van der Waals surface area contributed by atoms with Crippen LogP contribution in [-0.2, 0) is 16.1 Å². The molecule has 0 aliphatic carbocycles. The van der Waals surface area contributed by atoms with Gasteiger partial charge in [-0.2, -0.15) is 0 Å². The van der Waals surface area contributed by atoms with Gasteiger partial charge in [0, 0.05) is 24.5 Å². The zero-order valence-electron chi connectivity index (χ0n) is 12.7. The Hall–Kier alpha value is -2.22. The van der Waals surface area contributed by atoms with Crippen molar-refractivity contribution in [2.75, 3.05) is 7.05 Å². The summed E-state index contributed by atoms with van der Waals surface area (Å²) in [5.41, 5.74) is 0.343. The molecule has 1 aromatic carbocycles. The summed E-state index contributed by atoms with van der Waals surface area (Å²) >= 11 is 3.31. The third kappa shape index (κ3) is 3.76. The summed E-state index contributed by atoms with van der Waals surface area (Å²) in [7, 11) is 1.43. The van der Waals surface area contributed by atoms with Gasteiger partial charge in [-0.05, 0) is 25.1 Å². The number of aryl methyl sites for hydroxylation is 1. The van der Waals surface area contributed by atoms with Gasteiger partial charge in [0.25, 0.3) is 5.56 Å². The van der Waals surface area contributed by atoms with Crippen LogP contribution in [0, 0.1) is 0 Å². The van der Waals surface area contributed by atoms with E-state index in [0.29, 0.717) is 10.9 Å². The predicted octanol–water partition coefficient (Wildman–Crippen LogP) is 1.48. The van der Waals surface area contributed by atoms with E-state index in [1.54, 1.807) is 18.2 Å². The molecule has 0 spiro atoms. The molecule has 23 heavy (non-hydrogen) atoms. The zero-order chi connectivity index (χ0) is 17.1. The highest BCUT2D eigenvalue weighted by Crippen LogP contribution is 2.14. The summed E-state index contributed by atoms with van der Waals surface area (Å²) in [6.07, 6.45) is 1.42. The summed E-state index contributed by atoms with van der Waals surface area (Å²) in [6, 6.07) is 4.30. The molecule has 8 heteroatoms. The first-order chi connectivity index (χ1) is 10.8. The average molecular weight is 382 g/mol. The van der Waals surface area contributed by atoms with E-state index in [-0.39, 0.29) is 24.4 Å². The van der Waals surface area contributed by atoms with Crippen LogP contribution in [0.4, 0.5) is 0 Å². The maximum atomic E-state index is 12.4. The van der Waals surface area contributed by atoms with Crippen LogP contribution in [0.1, 0.15) is 13.3 Å². The minimum absolute atomic E-state index is 0.0230. The fourth-order valence-corrected chi connectivity index (χ4v) is 2.43. The minimum Gasteiger partial charge on any atom is -0.480 e. The monoisotopic (exact) mass is 381 g/mol. The number of carbonyl (C=O) groups is 2. The second kappa shape index (κ2) is 6.91. The van der Waals surface area contributed by atoms with Gasteiger partial charge in [0.1, 0.15) is 6.04 Å². The third-order valence-electron chi connectivity index (χ3n) is 3.68. The molecule has 0 aliphatic rings. The minimum atomic E-state index is -1.07. The van der Waals surface area contributed by atoms with Gasteiger partial charge in [0.2, 0.25) is 5.91 Å². The summed E-state index contributed by atoms with van der Waals surface area (Å²) < 4.78 is 2.12. The maximum Gasteiger partial charge on any atom is 0.326 e. The Morgan fingerprint density at radius 2 is 2.13 bits per heavy atom. The Bertz CT molecular complexity index is 818. The van der Waals surface area contributed by atoms with Gasteiger partial charge in [-0.3, -0.25) is 14.2 Å². The third-order valence-corrected chi connectivity index (χ3v) is 4.18. The molecule has 1 atom stereocenters. The first-order valence-corrected chi connectivity index (χ1v) is 7.73. The number of halogens is 1. The molecule has 0 saturated carbocycles. The summed E-state index contributed by atoms with van der Waals surface area (Å²) in [4.78, 5) is 40.6. The van der Waals surface area contributed by atoms with Crippen molar-refractivity contribution in [3.8, 4) is 0 Å². The van der Waals surface area contributed by atoms with E-state index in [1.165, 1.54) is 24.9 Å². The van der Waals surface area contributed by atoms with Gasteiger partial charge in [0.05, 0.1) is 17.2 Å². The normalized spacial score (nSPS) is 12.1. The lowest BCUT2D eigenvalue weighted by molar-refractivity contribution is -0.148. The molecule has 122 valence electrons. The number of carboxylic acid groups (broad SMARTS) is 1. The number of carbonyl (C=O) groups excluding carboxylic acids is 1. The van der Waals surface area contributed by atoms with E-state index in [4.69, 9.17) is 5.11 Å². The highest BCUT2D eigenvalue weighted by atomic mass is 79.9. The van der Waals surface area contributed by atoms with E-state index in [1.807, 2.05) is 0 Å². The highest BCUT2D eigenvalue weighted by Gasteiger charge is 2.21. The van der Waals surface area contributed by atoms with Gasteiger partial charge in [0.15, 0.2) is 0 Å². The number of nitrogens with zero attached hydrogens (tertiary/aromatic N) is 3. The van der Waals surface area contributed by atoms with Crippen molar-refractivity contribution in [3.63, 3.8) is 0 Å². The molecule has 1 aromatic heterocycles. The molecule has 1 unspecified atom stereocenters. The second-order valence-corrected chi connectivity index (χ2v) is 6.09. The largest absolute Gasteiger partial charge is 0.480 e. The van der Waals surface area contributed by atoms with Crippen LogP contribution in [0.25, 0.3) is 10.9 Å². The van der Waals surface area contributed by atoms with Crippen molar-refractivity contribution in [2.45, 2.75) is 25.9 Å². The van der Waals surface area contributed by atoms with Crippen LogP contribution >= 0.6 is 15.9 Å². The number of amides is 1. The highest BCUT2D eigenvalue weighted by molar-refractivity contribution is 9.10. The maximum absolute atomic E-state index is 12.4. The first-order valence-electron chi connectivity index (χ1n) is 6.94. The number of carboxylic acids is 1. The van der Waals surface area contributed by atoms with Crippen LogP contribution in [0.15, 0.2) is 33.8 Å². The van der Waals surface area contributed by atoms with Crippen LogP contribution in [0.5, 0.6) is 0 Å². The van der Waals surface area contributed by atoms with Gasteiger partial charge in [-0.15, -0.1) is 0 Å². The molecule has 7 nitrogen and oxygen atoms in total. The van der Waals surface area contributed by atoms with E-state index >= 15 is 0 Å². The number of fused-ring (bicyclic) bond motifs is 1. The Kier molecular flexibility index (Phi) is 5.15. The molecule has 2 aromatic rings. The Labute approximate surface area is 140 Å². The molecule has 2 rings (SSSR count). The summed E-state index contributed by atoms with van der Waals surface area (Å²) in [5.74, 6) is -1.42. The lowest BCUT2D eigenvalue weighted by Gasteiger charge is -2.21. The van der Waals surface area contributed by atoms with E-state index in [2.05, 4.69) is 20.9 Å². The number of rotatable bonds is 5. The van der Waals surface area contributed by atoms with Crippen molar-refractivity contribution in [2.24, 2.45) is 0 Å². The lowest BCUT2D eigenvalue weighted by Crippen LogP contribution is -2.40. The molecule has 0 aliphatic heterocycles. The number of aliphatic carboxylic acids is 1. The van der Waals surface area contributed by atoms with Crippen molar-refractivity contribution in [1.82, 2.24) is 14.5 Å². The summed E-state index contributed by atoms with van der Waals surface area (Å²) in [5, 5.41) is 9.37. The topological polar surface area (TPSA) is 92.5 Å². The smallest absolute Gasteiger partial charge is 0.326 e. The Morgan fingerprint density at radius 3 is 2.78 bits per heavy atom. The van der Waals surface area contributed by atoms with Crippen LogP contribution in [0.2, 0.25) is 0 Å². The molecular formula is C15H16BrN3O4. The SMILES string of the molecule is CC(C(=O)O)N(C)C(=O)CCn1cnc2ccc(Br)cc2c1=O. The molecule has 1 heterocycles. The molecule has 1 amide bonds. The fourth-order valence-electron chi connectivity index (χ4n) is 2.06. The van der Waals surface area contributed by atoms with Crippen LogP contribution in [-0.4, -0.2) is 44.5 Å². The lowest BCUT2D eigenvalue weighted by atomic mass is 10.2. The van der Waals surface area contributed by atoms with E-state index in [9.17, 15) is 14.4 Å². The van der Waals surface area contributed by atoms with Crippen molar-refractivity contribution >= 4 is 38.7 Å². The zero-order valence-corrected chi connectivity index (χ0v) is 14.3.